The number of nitrogens with one attached hydrogen (secondary N) is 1. The largest absolute Gasteiger partial charge is 0.322 e. The molecule has 3 aromatic rings. The van der Waals surface area contributed by atoms with Gasteiger partial charge in [-0.1, -0.05) is 42.0 Å². The lowest BCUT2D eigenvalue weighted by atomic mass is 10.1. The minimum absolute atomic E-state index is 0.0436. The number of aryl methyl sites for hydroxylation is 2. The first-order valence-electron chi connectivity index (χ1n) is 10.0. The van der Waals surface area contributed by atoms with Gasteiger partial charge in [0.1, 0.15) is 5.82 Å². The summed E-state index contributed by atoms with van der Waals surface area (Å²) in [5.74, 6) is -0.905. The number of benzene rings is 3. The fourth-order valence-corrected chi connectivity index (χ4v) is 4.32. The average molecular weight is 456 g/mol. The Hall–Kier alpha value is -3.23. The summed E-state index contributed by atoms with van der Waals surface area (Å²) >= 11 is 0. The first-order valence-corrected chi connectivity index (χ1v) is 11.4. The van der Waals surface area contributed by atoms with E-state index in [-0.39, 0.29) is 18.1 Å². The van der Waals surface area contributed by atoms with Crippen molar-refractivity contribution in [3.8, 4) is 0 Å². The number of amides is 1. The third kappa shape index (κ3) is 5.15. The molecule has 1 N–H and O–H groups in total. The highest BCUT2D eigenvalue weighted by Crippen LogP contribution is 2.25. The molecule has 1 amide bonds. The molecule has 168 valence electrons. The molecule has 0 aliphatic rings. The molecule has 0 radical (unpaired) electrons. The second-order valence-electron chi connectivity index (χ2n) is 7.72. The van der Waals surface area contributed by atoms with Crippen LogP contribution in [0.5, 0.6) is 0 Å². The number of hydrogen-bond acceptors (Lipinski definition) is 3. The Kier molecular flexibility index (Phi) is 6.96. The Morgan fingerprint density at radius 3 is 2.22 bits per heavy atom. The average Bonchev–Trinajstić information content (AvgIpc) is 2.75. The standard InChI is InChI=1S/C24H26FN3O3S/c1-17-9-14-22(18(2)15-17)26-24(29)20-12-10-19(11-13-20)16-28(32(30,31)27(3)4)23-8-6-5-7-21(23)25/h5-15H,16H2,1-4H3,(H,26,29). The van der Waals surface area contributed by atoms with Crippen LogP contribution in [-0.4, -0.2) is 32.7 Å². The van der Waals surface area contributed by atoms with Crippen LogP contribution in [-0.2, 0) is 16.8 Å². The van der Waals surface area contributed by atoms with E-state index in [4.69, 9.17) is 0 Å². The molecule has 0 aliphatic carbocycles. The summed E-state index contributed by atoms with van der Waals surface area (Å²) in [5, 5.41) is 2.88. The molecular formula is C24H26FN3O3S. The molecule has 3 rings (SSSR count). The molecule has 3 aromatic carbocycles. The van der Waals surface area contributed by atoms with E-state index in [2.05, 4.69) is 5.32 Å². The summed E-state index contributed by atoms with van der Waals surface area (Å²) < 4.78 is 42.1. The van der Waals surface area contributed by atoms with Crippen molar-refractivity contribution in [1.29, 1.82) is 0 Å². The summed E-state index contributed by atoms with van der Waals surface area (Å²) in [5.41, 5.74) is 3.80. The Morgan fingerprint density at radius 2 is 1.62 bits per heavy atom. The van der Waals surface area contributed by atoms with Crippen LogP contribution in [0.15, 0.2) is 66.7 Å². The zero-order valence-corrected chi connectivity index (χ0v) is 19.3. The van der Waals surface area contributed by atoms with Gasteiger partial charge in [-0.05, 0) is 55.3 Å². The molecule has 0 aromatic heterocycles. The molecule has 0 saturated heterocycles. The van der Waals surface area contributed by atoms with Crippen molar-refractivity contribution in [1.82, 2.24) is 4.31 Å². The van der Waals surface area contributed by atoms with E-state index in [9.17, 15) is 17.6 Å². The van der Waals surface area contributed by atoms with Crippen molar-refractivity contribution in [2.24, 2.45) is 0 Å². The molecular weight excluding hydrogens is 429 g/mol. The predicted octanol–water partition coefficient (Wildman–Crippen LogP) is 4.51. The number of nitrogens with zero attached hydrogens (tertiary/aromatic N) is 2. The zero-order chi connectivity index (χ0) is 23.5. The van der Waals surface area contributed by atoms with Crippen molar-refractivity contribution in [2.45, 2.75) is 20.4 Å². The third-order valence-corrected chi connectivity index (χ3v) is 6.84. The maximum Gasteiger partial charge on any atom is 0.303 e. The van der Waals surface area contributed by atoms with Crippen LogP contribution in [0.2, 0.25) is 0 Å². The Bertz CT molecular complexity index is 1230. The van der Waals surface area contributed by atoms with Gasteiger partial charge in [-0.2, -0.15) is 12.7 Å². The SMILES string of the molecule is Cc1ccc(NC(=O)c2ccc(CN(c3ccccc3F)S(=O)(=O)N(C)C)cc2)c(C)c1. The number of anilines is 2. The van der Waals surface area contributed by atoms with E-state index in [1.165, 1.54) is 32.3 Å². The molecule has 0 aliphatic heterocycles. The van der Waals surface area contributed by atoms with Crippen LogP contribution in [0.3, 0.4) is 0 Å². The van der Waals surface area contributed by atoms with Gasteiger partial charge in [0.25, 0.3) is 5.91 Å². The summed E-state index contributed by atoms with van der Waals surface area (Å²) in [6.45, 7) is 3.83. The Labute approximate surface area is 188 Å². The van der Waals surface area contributed by atoms with Gasteiger partial charge >= 0.3 is 10.2 Å². The number of hydrogen-bond donors (Lipinski definition) is 1. The normalized spacial score (nSPS) is 11.4. The lowest BCUT2D eigenvalue weighted by Gasteiger charge is -2.27. The van der Waals surface area contributed by atoms with E-state index >= 15 is 0 Å². The highest BCUT2D eigenvalue weighted by molar-refractivity contribution is 7.90. The number of halogens is 1. The van der Waals surface area contributed by atoms with Crippen LogP contribution >= 0.6 is 0 Å². The van der Waals surface area contributed by atoms with Crippen molar-refractivity contribution in [3.05, 3.63) is 94.8 Å². The number of rotatable bonds is 7. The molecule has 0 spiro atoms. The smallest absolute Gasteiger partial charge is 0.303 e. The summed E-state index contributed by atoms with van der Waals surface area (Å²) in [6, 6.07) is 18.1. The van der Waals surface area contributed by atoms with Crippen molar-refractivity contribution in [2.75, 3.05) is 23.7 Å². The Morgan fingerprint density at radius 1 is 0.969 bits per heavy atom. The molecule has 0 heterocycles. The number of carbonyl (C=O) groups excluding carboxylic acids is 1. The van der Waals surface area contributed by atoms with E-state index in [0.29, 0.717) is 11.1 Å². The molecule has 0 fully saturated rings. The summed E-state index contributed by atoms with van der Waals surface area (Å²) in [7, 11) is -1.16. The van der Waals surface area contributed by atoms with Crippen LogP contribution < -0.4 is 9.62 Å². The maximum absolute atomic E-state index is 14.4. The monoisotopic (exact) mass is 455 g/mol. The highest BCUT2D eigenvalue weighted by atomic mass is 32.2. The van der Waals surface area contributed by atoms with Gasteiger partial charge in [0.15, 0.2) is 0 Å². The number of para-hydroxylation sites is 1. The van der Waals surface area contributed by atoms with Gasteiger partial charge in [0.05, 0.1) is 12.2 Å². The van der Waals surface area contributed by atoms with Gasteiger partial charge in [0, 0.05) is 25.3 Å². The quantitative estimate of drug-likeness (QED) is 0.570. The topological polar surface area (TPSA) is 69.7 Å². The third-order valence-electron chi connectivity index (χ3n) is 5.03. The fourth-order valence-electron chi connectivity index (χ4n) is 3.22. The maximum atomic E-state index is 14.4. The summed E-state index contributed by atoms with van der Waals surface area (Å²) in [6.07, 6.45) is 0. The van der Waals surface area contributed by atoms with Crippen molar-refractivity contribution >= 4 is 27.5 Å². The van der Waals surface area contributed by atoms with Crippen molar-refractivity contribution in [3.63, 3.8) is 0 Å². The predicted molar refractivity (Wildman–Crippen MR) is 126 cm³/mol. The first-order chi connectivity index (χ1) is 15.1. The second kappa shape index (κ2) is 9.50. The van der Waals surface area contributed by atoms with E-state index in [0.717, 1.165) is 25.4 Å². The molecule has 0 unspecified atom stereocenters. The minimum Gasteiger partial charge on any atom is -0.322 e. The first kappa shape index (κ1) is 23.4. The van der Waals surface area contributed by atoms with E-state index in [1.54, 1.807) is 30.3 Å². The lowest BCUT2D eigenvalue weighted by Crippen LogP contribution is -2.40. The zero-order valence-electron chi connectivity index (χ0n) is 18.5. The lowest BCUT2D eigenvalue weighted by molar-refractivity contribution is 0.102. The summed E-state index contributed by atoms with van der Waals surface area (Å²) in [4.78, 5) is 12.6. The molecule has 0 saturated carbocycles. The Balaban J connectivity index is 1.83. The minimum atomic E-state index is -3.94. The highest BCUT2D eigenvalue weighted by Gasteiger charge is 2.27. The van der Waals surface area contributed by atoms with Gasteiger partial charge < -0.3 is 5.32 Å². The van der Waals surface area contributed by atoms with Gasteiger partial charge in [-0.25, -0.2) is 4.39 Å². The van der Waals surface area contributed by atoms with Crippen LogP contribution in [0.1, 0.15) is 27.0 Å². The van der Waals surface area contributed by atoms with E-state index < -0.39 is 16.0 Å². The van der Waals surface area contributed by atoms with Crippen LogP contribution in [0.25, 0.3) is 0 Å². The molecule has 32 heavy (non-hydrogen) atoms. The van der Waals surface area contributed by atoms with Gasteiger partial charge in [0.2, 0.25) is 0 Å². The van der Waals surface area contributed by atoms with E-state index in [1.807, 2.05) is 32.0 Å². The van der Waals surface area contributed by atoms with Gasteiger partial charge in [-0.15, -0.1) is 0 Å². The molecule has 8 heteroatoms. The fraction of sp³-hybridized carbons (Fsp3) is 0.208. The van der Waals surface area contributed by atoms with Crippen molar-refractivity contribution < 1.29 is 17.6 Å². The molecule has 0 bridgehead atoms. The molecule has 0 atom stereocenters. The number of carbonyl (C=O) groups is 1. The van der Waals surface area contributed by atoms with Gasteiger partial charge in [-0.3, -0.25) is 9.10 Å². The second-order valence-corrected chi connectivity index (χ2v) is 9.78. The molecule has 6 nitrogen and oxygen atoms in total. The van der Waals surface area contributed by atoms with Crippen LogP contribution in [0.4, 0.5) is 15.8 Å². The van der Waals surface area contributed by atoms with Crippen LogP contribution in [0, 0.1) is 19.7 Å².